The zero-order valence-corrected chi connectivity index (χ0v) is 64.3. The minimum absolute atomic E-state index is 0.0451. The molecule has 3 saturated heterocycles. The van der Waals surface area contributed by atoms with Crippen molar-refractivity contribution in [2.75, 3.05) is 94.0 Å². The number of nitrogens with two attached hydrogens (primary N) is 2. The van der Waals surface area contributed by atoms with Crippen molar-refractivity contribution in [3.05, 3.63) is 238 Å². The summed E-state index contributed by atoms with van der Waals surface area (Å²) >= 11 is 0. The first-order chi connectivity index (χ1) is 53.8. The number of halogens is 3. The summed E-state index contributed by atoms with van der Waals surface area (Å²) in [5, 5.41) is 27.0. The highest BCUT2D eigenvalue weighted by Gasteiger charge is 2.29. The topological polar surface area (TPSA) is 322 Å². The fourth-order valence-corrected chi connectivity index (χ4v) is 12.8. The lowest BCUT2D eigenvalue weighted by Crippen LogP contribution is -2.42. The van der Waals surface area contributed by atoms with Gasteiger partial charge in [-0.3, -0.25) is 14.4 Å². The molecule has 3 aliphatic heterocycles. The summed E-state index contributed by atoms with van der Waals surface area (Å²) in [5.74, 6) is 0.893. The molecule has 3 fully saturated rings. The van der Waals surface area contributed by atoms with Gasteiger partial charge in [0.05, 0.1) is 33.8 Å². The fraction of sp³-hybridized carbons (Fsp3) is 0.310. The molecule has 586 valence electrons. The van der Waals surface area contributed by atoms with Gasteiger partial charge in [0.25, 0.3) is 11.8 Å². The Morgan fingerprint density at radius 3 is 1.23 bits per heavy atom. The van der Waals surface area contributed by atoms with Crippen molar-refractivity contribution >= 4 is 52.5 Å². The van der Waals surface area contributed by atoms with Crippen molar-refractivity contribution in [2.45, 2.75) is 105 Å². The number of pyridine rings is 3. The molecule has 0 bridgehead atoms. The number of aldehydes is 1. The fourth-order valence-electron chi connectivity index (χ4n) is 12.8. The van der Waals surface area contributed by atoms with Crippen LogP contribution in [0, 0.1) is 59.0 Å². The average molecular weight is 1530 g/mol. The lowest BCUT2D eigenvalue weighted by Gasteiger charge is -2.32. The second kappa shape index (κ2) is 38.7. The first-order valence-corrected chi connectivity index (χ1v) is 36.6. The first-order valence-electron chi connectivity index (χ1n) is 36.6. The third kappa shape index (κ3) is 22.1. The Morgan fingerprint density at radius 1 is 0.509 bits per heavy atom. The lowest BCUT2D eigenvalue weighted by atomic mass is 10.0. The van der Waals surface area contributed by atoms with E-state index in [9.17, 15) is 32.3 Å². The third-order valence-corrected chi connectivity index (χ3v) is 19.0. The number of carboxylic acids is 1. The number of carboxylic acid groups (broad SMARTS) is 1. The molecule has 6 aromatic heterocycles. The Labute approximate surface area is 648 Å². The summed E-state index contributed by atoms with van der Waals surface area (Å²) in [6.45, 7) is 16.0. The number of rotatable bonds is 18. The number of nitrogens with one attached hydrogen (secondary N) is 2. The number of aromatic nitrogens is 6. The second-order valence-electron chi connectivity index (χ2n) is 27.5. The van der Waals surface area contributed by atoms with Gasteiger partial charge in [-0.2, -0.15) is 0 Å². The molecule has 0 spiro atoms. The van der Waals surface area contributed by atoms with Gasteiger partial charge < -0.3 is 74.6 Å². The summed E-state index contributed by atoms with van der Waals surface area (Å²) in [7, 11) is 7.93. The van der Waals surface area contributed by atoms with E-state index in [0.717, 1.165) is 135 Å². The summed E-state index contributed by atoms with van der Waals surface area (Å²) in [6.07, 6.45) is 11.1. The molecule has 28 heteroatoms. The molecule has 0 unspecified atom stereocenters. The lowest BCUT2D eigenvalue weighted by molar-refractivity contribution is 0.0579. The van der Waals surface area contributed by atoms with Crippen molar-refractivity contribution in [2.24, 2.45) is 0 Å². The van der Waals surface area contributed by atoms with Crippen molar-refractivity contribution in [1.29, 1.82) is 0 Å². The van der Waals surface area contributed by atoms with Gasteiger partial charge in [0.15, 0.2) is 0 Å². The Kier molecular flexibility index (Phi) is 28.3. The Balaban J connectivity index is 0.000000162. The molecule has 112 heavy (non-hydrogen) atoms. The molecule has 14 rings (SSSR count). The SMILES string of the molecule is CN(C)c1ccc(C=O)cc1.Cc1noc(C)c1-c1ccc(OC2CCN(C(=O)c3cc(F)ccc3N)CC2)nc1.Cc1noc(C)c1-c1ccc(OC2CCN(C(=O)c3cc(F)ccc3NCc3ccc(N(C)C)cc3)CC2)nc1.Cc1noc(C)c1-c1ccc(OC2CCNCC2)nc1.Nc1ccc(F)cc1C(=O)O. The number of piperidine rings is 3. The average Bonchev–Trinajstić information content (AvgIpc) is 1.76. The highest BCUT2D eigenvalue weighted by atomic mass is 19.1. The van der Waals surface area contributed by atoms with Crippen molar-refractivity contribution in [3.8, 4) is 51.0 Å². The van der Waals surface area contributed by atoms with Crippen LogP contribution in [-0.2, 0) is 6.54 Å². The number of hydrogen-bond acceptors (Lipinski definition) is 22. The number of carbonyl (C=O) groups excluding carboxylic acids is 3. The smallest absolute Gasteiger partial charge is 0.337 e. The molecule has 11 aromatic rings. The van der Waals surface area contributed by atoms with E-state index in [4.69, 9.17) is 44.4 Å². The van der Waals surface area contributed by atoms with Gasteiger partial charge in [-0.15, -0.1) is 0 Å². The molecule has 7 N–H and O–H groups in total. The normalized spacial score (nSPS) is 13.6. The quantitative estimate of drug-likeness (QED) is 0.0393. The number of nitrogen functional groups attached to an aromatic ring is 2. The standard InChI is InChI=1S/C31H34FN5O3.C22H23FN4O3.C15H19N3O2.C9H11NO.C7H6FNO2/c1-20-30(21(2)40-35-20)23-7-12-29(34-19-23)39-26-13-15-37(16-14-26)31(38)27-17-24(32)8-11-28(27)33-18-22-5-9-25(10-6-22)36(3)4;1-13-21(14(2)30-26-13)15-3-6-20(25-12-15)29-17-7-9-27(10-8-17)22(28)18-11-16(23)4-5-19(18)24;1-10-15(11(2)20-18-10)12-3-4-14(17-9-12)19-13-5-7-16-8-6-13;1-10(2)9-5-3-8(7-11)4-6-9;8-4-1-2-6(9)5(3-4)7(10)11/h5-12,17,19,26,33H,13-16,18H2,1-4H3;3-6,11-12,17H,7-10,24H2,1-2H3;3-4,9,13,16H,5-8H2,1-2H3;3-7H,1-2H3;1-3H,9H2,(H,10,11). The van der Waals surface area contributed by atoms with E-state index in [1.165, 1.54) is 36.4 Å². The van der Waals surface area contributed by atoms with Crippen molar-refractivity contribution < 1.29 is 65.2 Å². The van der Waals surface area contributed by atoms with E-state index < -0.39 is 23.4 Å². The molecule has 25 nitrogen and oxygen atoms in total. The number of anilines is 5. The first kappa shape index (κ1) is 81.9. The van der Waals surface area contributed by atoms with Crippen LogP contribution in [0.1, 0.15) is 120 Å². The van der Waals surface area contributed by atoms with Crippen LogP contribution in [0.25, 0.3) is 33.4 Å². The van der Waals surface area contributed by atoms with E-state index in [1.54, 1.807) is 28.3 Å². The van der Waals surface area contributed by atoms with Crippen LogP contribution in [0.3, 0.4) is 0 Å². The largest absolute Gasteiger partial charge is 0.478 e. The molecule has 0 aliphatic carbocycles. The molecule has 5 aromatic carbocycles. The summed E-state index contributed by atoms with van der Waals surface area (Å²) < 4.78 is 73.7. The Bertz CT molecular complexity index is 4880. The second-order valence-corrected chi connectivity index (χ2v) is 27.5. The van der Waals surface area contributed by atoms with E-state index >= 15 is 0 Å². The molecular formula is C84H93F3N14O11. The highest BCUT2D eigenvalue weighted by molar-refractivity contribution is 6.00. The minimum Gasteiger partial charge on any atom is -0.478 e. The van der Waals surface area contributed by atoms with Crippen LogP contribution in [-0.4, -0.2) is 155 Å². The minimum atomic E-state index is -1.22. The predicted molar refractivity (Wildman–Crippen MR) is 422 cm³/mol. The maximum absolute atomic E-state index is 14.2. The van der Waals surface area contributed by atoms with Gasteiger partial charge in [-0.1, -0.05) is 27.6 Å². The summed E-state index contributed by atoms with van der Waals surface area (Å²) in [6, 6.07) is 38.5. The van der Waals surface area contributed by atoms with Gasteiger partial charge in [-0.05, 0) is 182 Å². The van der Waals surface area contributed by atoms with Gasteiger partial charge in [0.2, 0.25) is 17.6 Å². The highest BCUT2D eigenvalue weighted by Crippen LogP contribution is 2.33. The predicted octanol–water partition coefficient (Wildman–Crippen LogP) is 14.8. The van der Waals surface area contributed by atoms with Gasteiger partial charge in [0, 0.05) is 191 Å². The van der Waals surface area contributed by atoms with E-state index in [0.29, 0.717) is 87.3 Å². The van der Waals surface area contributed by atoms with E-state index in [1.807, 2.05) is 171 Å². The maximum Gasteiger partial charge on any atom is 0.337 e. The number of likely N-dealkylation sites (tertiary alicyclic amines) is 2. The number of carbonyl (C=O) groups is 4. The molecule has 3 aliphatic rings. The maximum atomic E-state index is 14.2. The van der Waals surface area contributed by atoms with Crippen LogP contribution in [0.5, 0.6) is 17.6 Å². The van der Waals surface area contributed by atoms with Crippen LogP contribution >= 0.6 is 0 Å². The Hall–Kier alpha value is -12.6. The van der Waals surface area contributed by atoms with E-state index in [-0.39, 0.29) is 52.6 Å². The van der Waals surface area contributed by atoms with Crippen molar-refractivity contribution in [1.82, 2.24) is 45.5 Å². The molecular weight excluding hydrogens is 1440 g/mol. The van der Waals surface area contributed by atoms with Crippen molar-refractivity contribution in [3.63, 3.8) is 0 Å². The number of amides is 2. The molecule has 0 radical (unpaired) electrons. The number of aromatic carboxylic acids is 1. The molecule has 0 atom stereocenters. The third-order valence-electron chi connectivity index (χ3n) is 19.0. The van der Waals surface area contributed by atoms with Gasteiger partial charge in [0.1, 0.15) is 59.3 Å². The number of ether oxygens (including phenoxy) is 3. The Morgan fingerprint density at radius 2 is 0.875 bits per heavy atom. The number of aryl methyl sites for hydroxylation is 6. The van der Waals surface area contributed by atoms with Crippen LogP contribution in [0.2, 0.25) is 0 Å². The van der Waals surface area contributed by atoms with Crippen LogP contribution < -0.4 is 46.1 Å². The summed E-state index contributed by atoms with van der Waals surface area (Å²) in [5.41, 5.74) is 24.7. The summed E-state index contributed by atoms with van der Waals surface area (Å²) in [4.78, 5) is 67.4. The van der Waals surface area contributed by atoms with Crippen LogP contribution in [0.4, 0.5) is 41.6 Å². The van der Waals surface area contributed by atoms with Gasteiger partial charge >= 0.3 is 5.97 Å². The van der Waals surface area contributed by atoms with E-state index in [2.05, 4.69) is 41.1 Å². The van der Waals surface area contributed by atoms with Gasteiger partial charge in [-0.25, -0.2) is 32.9 Å². The zero-order chi connectivity index (χ0) is 80.1. The number of hydrogen-bond donors (Lipinski definition) is 5. The van der Waals surface area contributed by atoms with Crippen LogP contribution in [0.15, 0.2) is 172 Å². The number of nitrogens with zero attached hydrogens (tertiary/aromatic N) is 10. The molecule has 2 amide bonds. The zero-order valence-electron chi connectivity index (χ0n) is 64.3. The number of benzene rings is 5. The molecule has 9 heterocycles. The monoisotopic (exact) mass is 1530 g/mol. The molecule has 0 saturated carbocycles.